The summed E-state index contributed by atoms with van der Waals surface area (Å²) in [5.74, 6) is 1.20. The second-order valence-electron chi connectivity index (χ2n) is 7.22. The van der Waals surface area contributed by atoms with Crippen LogP contribution in [0.2, 0.25) is 0 Å². The molecule has 3 rings (SSSR count). The molecule has 0 atom stereocenters. The molecule has 0 aliphatic carbocycles. The molecule has 0 radical (unpaired) electrons. The van der Waals surface area contributed by atoms with Gasteiger partial charge in [-0.1, -0.05) is 30.3 Å². The Morgan fingerprint density at radius 3 is 2.38 bits per heavy atom. The molecule has 0 bridgehead atoms. The van der Waals surface area contributed by atoms with Crippen molar-refractivity contribution in [3.8, 4) is 5.75 Å². The first-order chi connectivity index (χ1) is 14.0. The molecular formula is C24H27N3O2. The van der Waals surface area contributed by atoms with Crippen molar-refractivity contribution in [1.29, 1.82) is 0 Å². The molecular weight excluding hydrogens is 362 g/mol. The molecule has 2 aromatic carbocycles. The number of pyridine rings is 1. The molecule has 3 aromatic rings. The normalized spacial score (nSPS) is 10.5. The fraction of sp³-hybridized carbons (Fsp3) is 0.250. The molecule has 0 aliphatic rings. The van der Waals surface area contributed by atoms with Crippen molar-refractivity contribution >= 4 is 17.4 Å². The summed E-state index contributed by atoms with van der Waals surface area (Å²) in [6.45, 7) is 4.41. The van der Waals surface area contributed by atoms with E-state index in [0.717, 1.165) is 28.1 Å². The van der Waals surface area contributed by atoms with Crippen molar-refractivity contribution < 1.29 is 9.53 Å². The molecule has 0 N–H and O–H groups in total. The number of carbonyl (C=O) groups is 1. The van der Waals surface area contributed by atoms with E-state index in [1.54, 1.807) is 11.1 Å². The van der Waals surface area contributed by atoms with Gasteiger partial charge < -0.3 is 9.64 Å². The molecule has 1 heterocycles. The molecule has 0 spiro atoms. The second-order valence-corrected chi connectivity index (χ2v) is 7.22. The number of aryl methyl sites for hydroxylation is 1. The summed E-state index contributed by atoms with van der Waals surface area (Å²) < 4.78 is 5.84. The Bertz CT molecular complexity index is 954. The van der Waals surface area contributed by atoms with E-state index in [1.165, 1.54) is 0 Å². The number of amides is 1. The highest BCUT2D eigenvalue weighted by atomic mass is 16.5. The lowest BCUT2D eigenvalue weighted by atomic mass is 10.1. The highest BCUT2D eigenvalue weighted by Gasteiger charge is 2.18. The summed E-state index contributed by atoms with van der Waals surface area (Å²) in [6, 6.07) is 19.6. The van der Waals surface area contributed by atoms with Gasteiger partial charge in [-0.2, -0.15) is 0 Å². The topological polar surface area (TPSA) is 45.7 Å². The standard InChI is InChI=1S/C24H27N3O2/c1-18-8-7-9-22(19(18)2)29-17-24(28)27(23-10-5-6-15-25-23)16-20-11-13-21(14-12-20)26(3)4/h5-15H,16-17H2,1-4H3. The van der Waals surface area contributed by atoms with Crippen LogP contribution in [0.25, 0.3) is 0 Å². The molecule has 0 saturated heterocycles. The van der Waals surface area contributed by atoms with Crippen molar-refractivity contribution in [1.82, 2.24) is 4.98 Å². The number of rotatable bonds is 7. The first kappa shape index (κ1) is 20.4. The van der Waals surface area contributed by atoms with Crippen molar-refractivity contribution in [2.75, 3.05) is 30.5 Å². The van der Waals surface area contributed by atoms with Crippen LogP contribution in [0.4, 0.5) is 11.5 Å². The van der Waals surface area contributed by atoms with Crippen LogP contribution in [0.15, 0.2) is 66.9 Å². The highest BCUT2D eigenvalue weighted by molar-refractivity contribution is 5.93. The van der Waals surface area contributed by atoms with Crippen LogP contribution in [0.5, 0.6) is 5.75 Å². The molecule has 5 heteroatoms. The summed E-state index contributed by atoms with van der Waals surface area (Å²) in [6.07, 6.45) is 1.69. The maximum atomic E-state index is 13.0. The van der Waals surface area contributed by atoms with E-state index in [9.17, 15) is 4.79 Å². The molecule has 29 heavy (non-hydrogen) atoms. The third-order valence-electron chi connectivity index (χ3n) is 4.93. The van der Waals surface area contributed by atoms with Gasteiger partial charge in [0.25, 0.3) is 5.91 Å². The number of hydrogen-bond acceptors (Lipinski definition) is 4. The number of benzene rings is 2. The van der Waals surface area contributed by atoms with Gasteiger partial charge in [0.1, 0.15) is 11.6 Å². The van der Waals surface area contributed by atoms with Crippen LogP contribution in [-0.2, 0) is 11.3 Å². The van der Waals surface area contributed by atoms with Crippen LogP contribution in [-0.4, -0.2) is 31.6 Å². The summed E-state index contributed by atoms with van der Waals surface area (Å²) in [5.41, 5.74) is 4.32. The fourth-order valence-corrected chi connectivity index (χ4v) is 2.99. The average molecular weight is 389 g/mol. The molecule has 150 valence electrons. The van der Waals surface area contributed by atoms with E-state index in [-0.39, 0.29) is 12.5 Å². The van der Waals surface area contributed by atoms with Gasteiger partial charge in [0.15, 0.2) is 6.61 Å². The first-order valence-corrected chi connectivity index (χ1v) is 9.62. The second kappa shape index (κ2) is 9.24. The van der Waals surface area contributed by atoms with E-state index in [2.05, 4.69) is 4.98 Å². The lowest BCUT2D eigenvalue weighted by Crippen LogP contribution is -2.35. The monoisotopic (exact) mass is 389 g/mol. The molecule has 0 aliphatic heterocycles. The van der Waals surface area contributed by atoms with Gasteiger partial charge in [-0.15, -0.1) is 0 Å². The number of carbonyl (C=O) groups excluding carboxylic acids is 1. The zero-order chi connectivity index (χ0) is 20.8. The van der Waals surface area contributed by atoms with Gasteiger partial charge in [-0.05, 0) is 60.9 Å². The Morgan fingerprint density at radius 2 is 1.72 bits per heavy atom. The van der Waals surface area contributed by atoms with Crippen molar-refractivity contribution in [3.63, 3.8) is 0 Å². The van der Waals surface area contributed by atoms with Gasteiger partial charge in [0.05, 0.1) is 6.54 Å². The molecule has 1 amide bonds. The smallest absolute Gasteiger partial charge is 0.266 e. The first-order valence-electron chi connectivity index (χ1n) is 9.62. The average Bonchev–Trinajstić information content (AvgIpc) is 2.74. The molecule has 5 nitrogen and oxygen atoms in total. The summed E-state index contributed by atoms with van der Waals surface area (Å²) in [4.78, 5) is 21.1. The minimum Gasteiger partial charge on any atom is -0.483 e. The predicted molar refractivity (Wildman–Crippen MR) is 118 cm³/mol. The predicted octanol–water partition coefficient (Wildman–Crippen LogP) is 4.38. The minimum absolute atomic E-state index is 0.0450. The third-order valence-corrected chi connectivity index (χ3v) is 4.93. The van der Waals surface area contributed by atoms with Crippen LogP contribution in [0.1, 0.15) is 16.7 Å². The Labute approximate surface area is 172 Å². The minimum atomic E-state index is -0.138. The molecule has 0 fully saturated rings. The van der Waals surface area contributed by atoms with Gasteiger partial charge >= 0.3 is 0 Å². The van der Waals surface area contributed by atoms with Crippen molar-refractivity contribution in [2.24, 2.45) is 0 Å². The highest BCUT2D eigenvalue weighted by Crippen LogP contribution is 2.22. The summed E-state index contributed by atoms with van der Waals surface area (Å²) in [7, 11) is 4.01. The summed E-state index contributed by atoms with van der Waals surface area (Å²) in [5, 5.41) is 0. The number of nitrogens with zero attached hydrogens (tertiary/aromatic N) is 3. The van der Waals surface area contributed by atoms with Gasteiger partial charge in [-0.25, -0.2) is 4.98 Å². The van der Waals surface area contributed by atoms with E-state index in [1.807, 2.05) is 93.5 Å². The van der Waals surface area contributed by atoms with Crippen molar-refractivity contribution in [2.45, 2.75) is 20.4 Å². The maximum Gasteiger partial charge on any atom is 0.266 e. The SMILES string of the molecule is Cc1cccc(OCC(=O)N(Cc2ccc(N(C)C)cc2)c2ccccn2)c1C. The fourth-order valence-electron chi connectivity index (χ4n) is 2.99. The number of anilines is 2. The zero-order valence-corrected chi connectivity index (χ0v) is 17.4. The van der Waals surface area contributed by atoms with Gasteiger partial charge in [-0.3, -0.25) is 9.69 Å². The number of hydrogen-bond donors (Lipinski definition) is 0. The van der Waals surface area contributed by atoms with Gasteiger partial charge in [0.2, 0.25) is 0 Å². The van der Waals surface area contributed by atoms with E-state index in [4.69, 9.17) is 4.74 Å². The van der Waals surface area contributed by atoms with E-state index >= 15 is 0 Å². The van der Waals surface area contributed by atoms with Crippen molar-refractivity contribution in [3.05, 3.63) is 83.6 Å². The summed E-state index contributed by atoms with van der Waals surface area (Å²) >= 11 is 0. The van der Waals surface area contributed by atoms with Crippen LogP contribution in [0, 0.1) is 13.8 Å². The number of ether oxygens (including phenoxy) is 1. The largest absolute Gasteiger partial charge is 0.483 e. The van der Waals surface area contributed by atoms with E-state index in [0.29, 0.717) is 12.4 Å². The van der Waals surface area contributed by atoms with E-state index < -0.39 is 0 Å². The zero-order valence-electron chi connectivity index (χ0n) is 17.4. The molecule has 0 unspecified atom stereocenters. The molecule has 0 saturated carbocycles. The quantitative estimate of drug-likeness (QED) is 0.602. The Morgan fingerprint density at radius 1 is 0.966 bits per heavy atom. The van der Waals surface area contributed by atoms with Crippen LogP contribution >= 0.6 is 0 Å². The lowest BCUT2D eigenvalue weighted by molar-refractivity contribution is -0.120. The maximum absolute atomic E-state index is 13.0. The van der Waals surface area contributed by atoms with Gasteiger partial charge in [0, 0.05) is 26.0 Å². The third kappa shape index (κ3) is 5.13. The number of aromatic nitrogens is 1. The van der Waals surface area contributed by atoms with Crippen LogP contribution < -0.4 is 14.5 Å². The molecule has 1 aromatic heterocycles. The van der Waals surface area contributed by atoms with Crippen LogP contribution in [0.3, 0.4) is 0 Å². The Hall–Kier alpha value is -3.34. The Balaban J connectivity index is 1.78. The lowest BCUT2D eigenvalue weighted by Gasteiger charge is -2.23. The Kier molecular flexibility index (Phi) is 6.50.